The fraction of sp³-hybridized carbons (Fsp3) is 0.500. The highest BCUT2D eigenvalue weighted by Crippen LogP contribution is 2.26. The van der Waals surface area contributed by atoms with Crippen LogP contribution in [-0.2, 0) is 19.9 Å². The van der Waals surface area contributed by atoms with E-state index < -0.39 is 43.5 Å². The molecule has 7 nitrogen and oxygen atoms in total. The summed E-state index contributed by atoms with van der Waals surface area (Å²) in [5.74, 6) is -0.835. The maximum atomic E-state index is 12.7. The van der Waals surface area contributed by atoms with Crippen LogP contribution < -0.4 is 5.73 Å². The smallest absolute Gasteiger partial charge is 0.243 e. The summed E-state index contributed by atoms with van der Waals surface area (Å²) in [7, 11) is -7.40. The molecule has 0 aromatic heterocycles. The van der Waals surface area contributed by atoms with Crippen LogP contribution >= 0.6 is 15.9 Å². The van der Waals surface area contributed by atoms with Crippen LogP contribution in [0.25, 0.3) is 0 Å². The first kappa shape index (κ1) is 17.8. The van der Waals surface area contributed by atoms with Crippen molar-refractivity contribution in [2.45, 2.75) is 17.0 Å². The van der Waals surface area contributed by atoms with Crippen molar-refractivity contribution in [2.24, 2.45) is 5.73 Å². The van der Waals surface area contributed by atoms with E-state index in [1.165, 1.54) is 12.1 Å². The highest BCUT2D eigenvalue weighted by molar-refractivity contribution is 9.10. The summed E-state index contributed by atoms with van der Waals surface area (Å²) in [6, 6.07) is 4.98. The number of sulfonamides is 1. The number of halogens is 1. The van der Waals surface area contributed by atoms with Crippen molar-refractivity contribution in [1.82, 2.24) is 4.31 Å². The molecule has 1 aromatic rings. The second-order valence-corrected chi connectivity index (χ2v) is 10.0. The van der Waals surface area contributed by atoms with E-state index in [0.29, 0.717) is 0 Å². The molecule has 1 aliphatic heterocycles. The van der Waals surface area contributed by atoms with Gasteiger partial charge in [-0.15, -0.1) is 0 Å². The Morgan fingerprint density at radius 3 is 2.32 bits per heavy atom. The molecule has 0 amide bonds. The van der Waals surface area contributed by atoms with Gasteiger partial charge < -0.3 is 10.8 Å². The van der Waals surface area contributed by atoms with Crippen molar-refractivity contribution in [2.75, 3.05) is 24.6 Å². The van der Waals surface area contributed by atoms with Gasteiger partial charge in [-0.25, -0.2) is 16.8 Å². The van der Waals surface area contributed by atoms with Crippen molar-refractivity contribution in [3.63, 3.8) is 0 Å². The van der Waals surface area contributed by atoms with E-state index in [9.17, 15) is 21.9 Å². The van der Waals surface area contributed by atoms with Crippen molar-refractivity contribution >= 4 is 35.8 Å². The lowest BCUT2D eigenvalue weighted by Crippen LogP contribution is -2.48. The lowest BCUT2D eigenvalue weighted by atomic mass is 10.2. The Morgan fingerprint density at radius 1 is 1.27 bits per heavy atom. The number of benzene rings is 1. The molecule has 0 bridgehead atoms. The van der Waals surface area contributed by atoms with E-state index in [2.05, 4.69) is 15.9 Å². The minimum Gasteiger partial charge on any atom is -0.390 e. The number of aliphatic hydroxyl groups excluding tert-OH is 1. The highest BCUT2D eigenvalue weighted by atomic mass is 79.9. The minimum atomic E-state index is -3.94. The number of sulfone groups is 1. The van der Waals surface area contributed by atoms with Gasteiger partial charge in [-0.1, -0.05) is 15.9 Å². The van der Waals surface area contributed by atoms with Gasteiger partial charge in [-0.05, 0) is 24.3 Å². The van der Waals surface area contributed by atoms with Crippen LogP contribution in [0.4, 0.5) is 0 Å². The Balaban J connectivity index is 2.41. The standard InChI is InChI=1S/C12H17BrN2O5S2/c13-9-1-3-10(4-2-9)22(19,20)15(6-5-14)11-7-21(17,18)8-12(11)16/h1-4,11-12,16H,5-8,14H2/t11-,12+/m0/s1. The molecule has 0 radical (unpaired) electrons. The fourth-order valence-electron chi connectivity index (χ4n) is 2.42. The van der Waals surface area contributed by atoms with E-state index in [4.69, 9.17) is 5.73 Å². The van der Waals surface area contributed by atoms with Crippen LogP contribution in [0.1, 0.15) is 0 Å². The Morgan fingerprint density at radius 2 is 1.86 bits per heavy atom. The zero-order valence-electron chi connectivity index (χ0n) is 11.6. The number of aliphatic hydroxyl groups is 1. The van der Waals surface area contributed by atoms with Crippen molar-refractivity contribution in [1.29, 1.82) is 0 Å². The number of rotatable bonds is 5. The Hall–Kier alpha value is -0.520. The molecule has 2 rings (SSSR count). The lowest BCUT2D eigenvalue weighted by Gasteiger charge is -2.28. The van der Waals surface area contributed by atoms with Gasteiger partial charge in [0.1, 0.15) is 0 Å². The largest absolute Gasteiger partial charge is 0.390 e. The predicted octanol–water partition coefficient (Wildman–Crippen LogP) is -0.444. The van der Waals surface area contributed by atoms with Gasteiger partial charge >= 0.3 is 0 Å². The summed E-state index contributed by atoms with van der Waals surface area (Å²) in [6.45, 7) is -0.0331. The summed E-state index contributed by atoms with van der Waals surface area (Å²) in [5, 5.41) is 9.94. The molecule has 3 N–H and O–H groups in total. The first-order valence-electron chi connectivity index (χ1n) is 6.53. The minimum absolute atomic E-state index is 0.0268. The third-order valence-corrected chi connectivity index (χ3v) is 7.60. The number of nitrogens with two attached hydrogens (primary N) is 1. The second kappa shape index (κ2) is 6.54. The van der Waals surface area contributed by atoms with Gasteiger partial charge in [0.15, 0.2) is 9.84 Å². The van der Waals surface area contributed by atoms with E-state index in [0.717, 1.165) is 8.78 Å². The SMILES string of the molecule is NCCN([C@H]1CS(=O)(=O)C[C@H]1O)S(=O)(=O)c1ccc(Br)cc1. The molecule has 22 heavy (non-hydrogen) atoms. The highest BCUT2D eigenvalue weighted by Gasteiger charge is 2.44. The van der Waals surface area contributed by atoms with E-state index >= 15 is 0 Å². The Kier molecular flexibility index (Phi) is 5.30. The monoisotopic (exact) mass is 412 g/mol. The van der Waals surface area contributed by atoms with Gasteiger partial charge in [0.25, 0.3) is 0 Å². The van der Waals surface area contributed by atoms with Crippen LogP contribution in [0, 0.1) is 0 Å². The first-order valence-corrected chi connectivity index (χ1v) is 10.6. The molecule has 1 aliphatic rings. The third-order valence-electron chi connectivity index (χ3n) is 3.43. The third kappa shape index (κ3) is 3.69. The molecule has 1 fully saturated rings. The van der Waals surface area contributed by atoms with Crippen LogP contribution in [0.2, 0.25) is 0 Å². The average molecular weight is 413 g/mol. The van der Waals surface area contributed by atoms with Crippen LogP contribution in [-0.4, -0.2) is 63.0 Å². The maximum Gasteiger partial charge on any atom is 0.243 e. The quantitative estimate of drug-likeness (QED) is 0.676. The summed E-state index contributed by atoms with van der Waals surface area (Å²) in [4.78, 5) is 0.0284. The number of hydrogen-bond donors (Lipinski definition) is 2. The lowest BCUT2D eigenvalue weighted by molar-refractivity contribution is 0.129. The Labute approximate surface area is 138 Å². The van der Waals surface area contributed by atoms with Gasteiger partial charge in [-0.3, -0.25) is 0 Å². The van der Waals surface area contributed by atoms with E-state index in [1.54, 1.807) is 12.1 Å². The van der Waals surface area contributed by atoms with Gasteiger partial charge in [0, 0.05) is 17.6 Å². The number of hydrogen-bond acceptors (Lipinski definition) is 6. The molecule has 0 spiro atoms. The van der Waals surface area contributed by atoms with Gasteiger partial charge in [-0.2, -0.15) is 4.31 Å². The predicted molar refractivity (Wildman–Crippen MR) is 85.5 cm³/mol. The number of nitrogens with zero attached hydrogens (tertiary/aromatic N) is 1. The van der Waals surface area contributed by atoms with Gasteiger partial charge in [0.05, 0.1) is 28.5 Å². The zero-order chi connectivity index (χ0) is 16.5. The van der Waals surface area contributed by atoms with Crippen LogP contribution in [0.5, 0.6) is 0 Å². The summed E-state index contributed by atoms with van der Waals surface area (Å²) < 4.78 is 50.5. The molecule has 10 heteroatoms. The topological polar surface area (TPSA) is 118 Å². The average Bonchev–Trinajstić information content (AvgIpc) is 2.69. The second-order valence-electron chi connectivity index (χ2n) is 5.07. The van der Waals surface area contributed by atoms with Gasteiger partial charge in [0.2, 0.25) is 10.0 Å². The first-order chi connectivity index (χ1) is 10.2. The van der Waals surface area contributed by atoms with Crippen LogP contribution in [0.3, 0.4) is 0 Å². The molecule has 2 atom stereocenters. The summed E-state index contributed by atoms with van der Waals surface area (Å²) >= 11 is 3.22. The molecule has 0 saturated carbocycles. The molecule has 1 aromatic carbocycles. The molecule has 0 aliphatic carbocycles. The fourth-order valence-corrected chi connectivity index (χ4v) is 6.25. The van der Waals surface area contributed by atoms with Crippen molar-refractivity contribution < 1.29 is 21.9 Å². The van der Waals surface area contributed by atoms with E-state index in [-0.39, 0.29) is 18.0 Å². The van der Waals surface area contributed by atoms with E-state index in [1.807, 2.05) is 0 Å². The Bertz CT molecular complexity index is 733. The molecule has 1 heterocycles. The van der Waals surface area contributed by atoms with Crippen molar-refractivity contribution in [3.8, 4) is 0 Å². The zero-order valence-corrected chi connectivity index (χ0v) is 14.8. The summed E-state index contributed by atoms with van der Waals surface area (Å²) in [5.41, 5.74) is 5.46. The van der Waals surface area contributed by atoms with Crippen LogP contribution in [0.15, 0.2) is 33.6 Å². The molecular formula is C12H17BrN2O5S2. The molecular weight excluding hydrogens is 396 g/mol. The summed E-state index contributed by atoms with van der Waals surface area (Å²) in [6.07, 6.45) is -1.25. The molecule has 0 unspecified atom stereocenters. The molecule has 124 valence electrons. The van der Waals surface area contributed by atoms with Crippen molar-refractivity contribution in [3.05, 3.63) is 28.7 Å². The normalized spacial score (nSPS) is 24.7. The molecule has 1 saturated heterocycles. The maximum absolute atomic E-state index is 12.7.